The standard InChI is InChI=1S/C11H10BrFO3/c12-8-2-1-3-9(13)7(8)4-11(10(14)15)5-16-6-11/h1-3H,4-6H2,(H,14,15). The minimum absolute atomic E-state index is 0.142. The summed E-state index contributed by atoms with van der Waals surface area (Å²) in [4.78, 5) is 11.1. The van der Waals surface area contributed by atoms with E-state index < -0.39 is 11.4 Å². The van der Waals surface area contributed by atoms with Crippen LogP contribution in [0.2, 0.25) is 0 Å². The normalized spacial score (nSPS) is 17.9. The Morgan fingerprint density at radius 2 is 2.25 bits per heavy atom. The fraction of sp³-hybridized carbons (Fsp3) is 0.364. The van der Waals surface area contributed by atoms with Gasteiger partial charge in [-0.25, -0.2) is 4.39 Å². The van der Waals surface area contributed by atoms with E-state index in [4.69, 9.17) is 9.84 Å². The summed E-state index contributed by atoms with van der Waals surface area (Å²) in [5, 5.41) is 9.11. The minimum Gasteiger partial charge on any atom is -0.481 e. The number of halogens is 2. The van der Waals surface area contributed by atoms with E-state index in [9.17, 15) is 9.18 Å². The lowest BCUT2D eigenvalue weighted by Crippen LogP contribution is -2.50. The Morgan fingerprint density at radius 3 is 2.69 bits per heavy atom. The van der Waals surface area contributed by atoms with Crippen molar-refractivity contribution < 1.29 is 19.0 Å². The maximum atomic E-state index is 13.5. The zero-order valence-electron chi connectivity index (χ0n) is 8.37. The highest BCUT2D eigenvalue weighted by Gasteiger charge is 2.46. The van der Waals surface area contributed by atoms with E-state index in [1.807, 2.05) is 0 Å². The van der Waals surface area contributed by atoms with E-state index in [2.05, 4.69) is 15.9 Å². The van der Waals surface area contributed by atoms with Gasteiger partial charge in [-0.05, 0) is 18.6 Å². The molecular weight excluding hydrogens is 279 g/mol. The summed E-state index contributed by atoms with van der Waals surface area (Å²) < 4.78 is 19.1. The van der Waals surface area contributed by atoms with Crippen LogP contribution >= 0.6 is 15.9 Å². The molecule has 2 rings (SSSR count). The highest BCUT2D eigenvalue weighted by atomic mass is 79.9. The van der Waals surface area contributed by atoms with E-state index in [-0.39, 0.29) is 25.5 Å². The molecule has 1 heterocycles. The molecule has 0 radical (unpaired) electrons. The molecule has 1 aromatic rings. The fourth-order valence-electron chi connectivity index (χ4n) is 1.69. The highest BCUT2D eigenvalue weighted by molar-refractivity contribution is 9.10. The van der Waals surface area contributed by atoms with Gasteiger partial charge in [-0.15, -0.1) is 0 Å². The first-order valence-corrected chi connectivity index (χ1v) is 5.58. The van der Waals surface area contributed by atoms with Gasteiger partial charge < -0.3 is 9.84 Å². The number of hydrogen-bond donors (Lipinski definition) is 1. The van der Waals surface area contributed by atoms with Gasteiger partial charge in [0.25, 0.3) is 0 Å². The van der Waals surface area contributed by atoms with Crippen molar-refractivity contribution in [3.05, 3.63) is 34.1 Å². The second-order valence-electron chi connectivity index (χ2n) is 3.96. The van der Waals surface area contributed by atoms with Crippen LogP contribution in [0.4, 0.5) is 4.39 Å². The van der Waals surface area contributed by atoms with Crippen molar-refractivity contribution in [2.75, 3.05) is 13.2 Å². The second kappa shape index (κ2) is 4.14. The molecule has 1 aliphatic heterocycles. The van der Waals surface area contributed by atoms with Crippen LogP contribution in [0.25, 0.3) is 0 Å². The van der Waals surface area contributed by atoms with E-state index in [1.54, 1.807) is 12.1 Å². The molecule has 0 aromatic heterocycles. The molecule has 0 saturated carbocycles. The SMILES string of the molecule is O=C(O)C1(Cc2c(F)cccc2Br)COC1. The highest BCUT2D eigenvalue weighted by Crippen LogP contribution is 2.35. The first-order valence-electron chi connectivity index (χ1n) is 4.79. The number of hydrogen-bond acceptors (Lipinski definition) is 2. The van der Waals surface area contributed by atoms with Crippen LogP contribution in [0.5, 0.6) is 0 Å². The van der Waals surface area contributed by atoms with Crippen LogP contribution in [0.1, 0.15) is 5.56 Å². The molecule has 1 N–H and O–H groups in total. The van der Waals surface area contributed by atoms with Crippen molar-refractivity contribution in [1.29, 1.82) is 0 Å². The summed E-state index contributed by atoms with van der Waals surface area (Å²) in [7, 11) is 0. The summed E-state index contributed by atoms with van der Waals surface area (Å²) >= 11 is 3.23. The molecule has 0 atom stereocenters. The molecule has 5 heteroatoms. The number of ether oxygens (including phenoxy) is 1. The van der Waals surface area contributed by atoms with Gasteiger partial charge >= 0.3 is 5.97 Å². The van der Waals surface area contributed by atoms with Gasteiger partial charge in [-0.1, -0.05) is 22.0 Å². The quantitative estimate of drug-likeness (QED) is 0.928. The fourth-order valence-corrected chi connectivity index (χ4v) is 2.17. The number of carbonyl (C=O) groups is 1. The molecule has 0 aliphatic carbocycles. The van der Waals surface area contributed by atoms with Crippen LogP contribution in [-0.2, 0) is 16.0 Å². The van der Waals surface area contributed by atoms with Crippen molar-refractivity contribution >= 4 is 21.9 Å². The Kier molecular flexibility index (Phi) is 2.99. The topological polar surface area (TPSA) is 46.5 Å². The van der Waals surface area contributed by atoms with Crippen molar-refractivity contribution in [2.45, 2.75) is 6.42 Å². The third kappa shape index (κ3) is 1.85. The van der Waals surface area contributed by atoms with Crippen molar-refractivity contribution in [3.8, 4) is 0 Å². The maximum Gasteiger partial charge on any atom is 0.314 e. The second-order valence-corrected chi connectivity index (χ2v) is 4.81. The number of carboxylic acid groups (broad SMARTS) is 1. The van der Waals surface area contributed by atoms with Gasteiger partial charge in [0.15, 0.2) is 0 Å². The third-order valence-electron chi connectivity index (χ3n) is 2.79. The molecule has 0 amide bonds. The van der Waals surface area contributed by atoms with Gasteiger partial charge in [0.1, 0.15) is 11.2 Å². The van der Waals surface area contributed by atoms with E-state index in [0.29, 0.717) is 10.0 Å². The summed E-state index contributed by atoms with van der Waals surface area (Å²) in [6.45, 7) is 0.284. The number of rotatable bonds is 3. The zero-order valence-corrected chi connectivity index (χ0v) is 9.96. The molecule has 86 valence electrons. The molecule has 1 saturated heterocycles. The first kappa shape index (κ1) is 11.5. The van der Waals surface area contributed by atoms with E-state index >= 15 is 0 Å². The van der Waals surface area contributed by atoms with Crippen LogP contribution in [0, 0.1) is 11.2 Å². The maximum absolute atomic E-state index is 13.5. The van der Waals surface area contributed by atoms with Crippen LogP contribution < -0.4 is 0 Å². The summed E-state index contributed by atoms with van der Waals surface area (Å²) in [5.41, 5.74) is -0.571. The van der Waals surface area contributed by atoms with Crippen LogP contribution in [-0.4, -0.2) is 24.3 Å². The molecule has 1 fully saturated rings. The van der Waals surface area contributed by atoms with Crippen LogP contribution in [0.15, 0.2) is 22.7 Å². The lowest BCUT2D eigenvalue weighted by molar-refractivity contribution is -0.179. The lowest BCUT2D eigenvalue weighted by atomic mass is 9.80. The molecular formula is C11H10BrFO3. The summed E-state index contributed by atoms with van der Waals surface area (Å²) in [5.74, 6) is -1.32. The molecule has 16 heavy (non-hydrogen) atoms. The van der Waals surface area contributed by atoms with Crippen molar-refractivity contribution in [2.24, 2.45) is 5.41 Å². The Labute approximate surface area is 100 Å². The number of benzene rings is 1. The predicted molar refractivity (Wildman–Crippen MR) is 58.7 cm³/mol. The number of carboxylic acids is 1. The van der Waals surface area contributed by atoms with Crippen molar-refractivity contribution in [1.82, 2.24) is 0 Å². The Balaban J connectivity index is 2.30. The van der Waals surface area contributed by atoms with Gasteiger partial charge in [0.2, 0.25) is 0 Å². The molecule has 0 unspecified atom stereocenters. The largest absolute Gasteiger partial charge is 0.481 e. The smallest absolute Gasteiger partial charge is 0.314 e. The Hall–Kier alpha value is -0.940. The average molecular weight is 289 g/mol. The monoisotopic (exact) mass is 288 g/mol. The van der Waals surface area contributed by atoms with Crippen LogP contribution in [0.3, 0.4) is 0 Å². The lowest BCUT2D eigenvalue weighted by Gasteiger charge is -2.37. The number of aliphatic carboxylic acids is 1. The first-order chi connectivity index (χ1) is 7.55. The molecule has 1 aromatic carbocycles. The van der Waals surface area contributed by atoms with Crippen molar-refractivity contribution in [3.63, 3.8) is 0 Å². The Morgan fingerprint density at radius 1 is 1.56 bits per heavy atom. The van der Waals surface area contributed by atoms with Gasteiger partial charge in [-0.3, -0.25) is 4.79 Å². The predicted octanol–water partition coefficient (Wildman–Crippen LogP) is 2.23. The van der Waals surface area contributed by atoms with Gasteiger partial charge in [-0.2, -0.15) is 0 Å². The van der Waals surface area contributed by atoms with Gasteiger partial charge in [0, 0.05) is 10.0 Å². The third-order valence-corrected chi connectivity index (χ3v) is 3.53. The van der Waals surface area contributed by atoms with E-state index in [1.165, 1.54) is 6.07 Å². The molecule has 1 aliphatic rings. The Bertz CT molecular complexity index is 409. The minimum atomic E-state index is -0.968. The summed E-state index contributed by atoms with van der Waals surface area (Å²) in [6.07, 6.45) is 0.148. The van der Waals surface area contributed by atoms with Gasteiger partial charge in [0.05, 0.1) is 13.2 Å². The molecule has 0 bridgehead atoms. The van der Waals surface area contributed by atoms with E-state index in [0.717, 1.165) is 0 Å². The zero-order chi connectivity index (χ0) is 11.8. The molecule has 0 spiro atoms. The molecule has 3 nitrogen and oxygen atoms in total. The summed E-state index contributed by atoms with van der Waals surface area (Å²) in [6, 6.07) is 4.61. The average Bonchev–Trinajstić information content (AvgIpc) is 2.14.